The predicted molar refractivity (Wildman–Crippen MR) is 75.0 cm³/mol. The molecule has 0 bridgehead atoms. The van der Waals surface area contributed by atoms with Crippen LogP contribution in [0.2, 0.25) is 0 Å². The Balaban J connectivity index is 1.79. The van der Waals surface area contributed by atoms with Gasteiger partial charge in [-0.3, -0.25) is 0 Å². The number of aliphatic hydroxyl groups excluding tert-OH is 1. The molecule has 1 aliphatic heterocycles. The maximum atomic E-state index is 9.96. The van der Waals surface area contributed by atoms with Crippen molar-refractivity contribution in [1.29, 1.82) is 0 Å². The van der Waals surface area contributed by atoms with Crippen molar-refractivity contribution in [1.82, 2.24) is 9.97 Å². The molecule has 2 heterocycles. The Morgan fingerprint density at radius 2 is 2.26 bits per heavy atom. The van der Waals surface area contributed by atoms with Crippen LogP contribution in [-0.4, -0.2) is 40.8 Å². The average Bonchev–Trinajstić information content (AvgIpc) is 2.92. The lowest BCUT2D eigenvalue weighted by atomic mass is 10.00. The standard InChI is InChI=1S/C13H21N5O/c1-2-15-11-5-12(17-13(14)16-11)18-6-8-3-4-10(19)9(8)7-18/h5,8-10,19H,2-4,6-7H2,1H3,(H3,14,15,16,17). The second-order valence-corrected chi connectivity index (χ2v) is 5.47. The molecule has 1 aromatic heterocycles. The van der Waals surface area contributed by atoms with E-state index < -0.39 is 0 Å². The quantitative estimate of drug-likeness (QED) is 0.744. The van der Waals surface area contributed by atoms with Gasteiger partial charge in [0.25, 0.3) is 0 Å². The molecule has 0 spiro atoms. The van der Waals surface area contributed by atoms with Crippen molar-refractivity contribution in [3.05, 3.63) is 6.07 Å². The second-order valence-electron chi connectivity index (χ2n) is 5.47. The highest BCUT2D eigenvalue weighted by molar-refractivity contribution is 5.53. The van der Waals surface area contributed by atoms with E-state index in [1.807, 2.05) is 13.0 Å². The Hall–Kier alpha value is -1.56. The summed E-state index contributed by atoms with van der Waals surface area (Å²) in [6.07, 6.45) is 1.91. The van der Waals surface area contributed by atoms with Gasteiger partial charge < -0.3 is 21.1 Å². The third-order valence-electron chi connectivity index (χ3n) is 4.23. The number of rotatable bonds is 3. The molecule has 104 valence electrons. The first kappa shape index (κ1) is 12.5. The van der Waals surface area contributed by atoms with E-state index in [-0.39, 0.29) is 6.10 Å². The van der Waals surface area contributed by atoms with Gasteiger partial charge >= 0.3 is 0 Å². The van der Waals surface area contributed by atoms with E-state index in [1.165, 1.54) is 0 Å². The van der Waals surface area contributed by atoms with Crippen LogP contribution in [0.3, 0.4) is 0 Å². The average molecular weight is 263 g/mol. The minimum absolute atomic E-state index is 0.151. The van der Waals surface area contributed by atoms with Crippen LogP contribution < -0.4 is 16.0 Å². The van der Waals surface area contributed by atoms with Crippen LogP contribution in [0.1, 0.15) is 19.8 Å². The molecule has 4 N–H and O–H groups in total. The van der Waals surface area contributed by atoms with Gasteiger partial charge in [0.2, 0.25) is 5.95 Å². The number of aliphatic hydroxyl groups is 1. The van der Waals surface area contributed by atoms with Gasteiger partial charge in [-0.25, -0.2) is 0 Å². The van der Waals surface area contributed by atoms with Crippen molar-refractivity contribution >= 4 is 17.6 Å². The number of fused-ring (bicyclic) bond motifs is 1. The van der Waals surface area contributed by atoms with Crippen molar-refractivity contribution in [3.8, 4) is 0 Å². The molecule has 2 aliphatic rings. The number of hydrogen-bond donors (Lipinski definition) is 3. The lowest BCUT2D eigenvalue weighted by Gasteiger charge is -2.20. The molecule has 3 rings (SSSR count). The summed E-state index contributed by atoms with van der Waals surface area (Å²) in [5.74, 6) is 2.91. The molecule has 3 unspecified atom stereocenters. The summed E-state index contributed by atoms with van der Waals surface area (Å²) in [6.45, 7) is 4.66. The molecule has 6 heteroatoms. The minimum Gasteiger partial charge on any atom is -0.393 e. The van der Waals surface area contributed by atoms with E-state index in [9.17, 15) is 5.11 Å². The summed E-state index contributed by atoms with van der Waals surface area (Å²) in [5, 5.41) is 13.1. The summed E-state index contributed by atoms with van der Waals surface area (Å²) < 4.78 is 0. The van der Waals surface area contributed by atoms with E-state index in [2.05, 4.69) is 20.2 Å². The van der Waals surface area contributed by atoms with Gasteiger partial charge in [-0.15, -0.1) is 0 Å². The fourth-order valence-electron chi connectivity index (χ4n) is 3.31. The van der Waals surface area contributed by atoms with Crippen molar-refractivity contribution < 1.29 is 5.11 Å². The Morgan fingerprint density at radius 3 is 3.00 bits per heavy atom. The monoisotopic (exact) mass is 263 g/mol. The second kappa shape index (κ2) is 4.85. The van der Waals surface area contributed by atoms with Crippen LogP contribution >= 0.6 is 0 Å². The maximum absolute atomic E-state index is 9.96. The number of nitrogens with two attached hydrogens (primary N) is 1. The SMILES string of the molecule is CCNc1cc(N2CC3CCC(O)C3C2)nc(N)n1. The van der Waals surface area contributed by atoms with Crippen LogP contribution in [0.5, 0.6) is 0 Å². The summed E-state index contributed by atoms with van der Waals surface area (Å²) in [7, 11) is 0. The third kappa shape index (κ3) is 2.32. The number of aromatic nitrogens is 2. The normalized spacial score (nSPS) is 29.6. The van der Waals surface area contributed by atoms with Crippen molar-refractivity contribution in [2.24, 2.45) is 11.8 Å². The molecule has 3 atom stereocenters. The molecule has 1 saturated heterocycles. The van der Waals surface area contributed by atoms with Gasteiger partial charge in [-0.1, -0.05) is 0 Å². The van der Waals surface area contributed by atoms with Crippen LogP contribution in [0.25, 0.3) is 0 Å². The van der Waals surface area contributed by atoms with Crippen molar-refractivity contribution in [2.75, 3.05) is 35.6 Å². The molecular formula is C13H21N5O. The first-order valence-corrected chi connectivity index (χ1v) is 6.99. The minimum atomic E-state index is -0.151. The van der Waals surface area contributed by atoms with Gasteiger partial charge in [0.1, 0.15) is 11.6 Å². The number of hydrogen-bond acceptors (Lipinski definition) is 6. The lowest BCUT2D eigenvalue weighted by Crippen LogP contribution is -2.25. The number of anilines is 3. The number of nitrogen functional groups attached to an aromatic ring is 1. The fraction of sp³-hybridized carbons (Fsp3) is 0.692. The van der Waals surface area contributed by atoms with E-state index >= 15 is 0 Å². The van der Waals surface area contributed by atoms with Crippen LogP contribution in [0, 0.1) is 11.8 Å². The van der Waals surface area contributed by atoms with E-state index in [0.717, 1.165) is 44.1 Å². The predicted octanol–water partition coefficient (Wildman–Crippen LogP) is 0.698. The fourth-order valence-corrected chi connectivity index (χ4v) is 3.31. The Kier molecular flexibility index (Phi) is 3.18. The summed E-state index contributed by atoms with van der Waals surface area (Å²) in [6, 6.07) is 1.94. The zero-order valence-corrected chi connectivity index (χ0v) is 11.2. The molecule has 2 fully saturated rings. The molecule has 0 aromatic carbocycles. The summed E-state index contributed by atoms with van der Waals surface area (Å²) in [4.78, 5) is 10.7. The molecule has 1 aromatic rings. The van der Waals surface area contributed by atoms with E-state index in [4.69, 9.17) is 5.73 Å². The maximum Gasteiger partial charge on any atom is 0.223 e. The summed E-state index contributed by atoms with van der Waals surface area (Å²) >= 11 is 0. The van der Waals surface area contributed by atoms with Gasteiger partial charge in [0, 0.05) is 31.6 Å². The Labute approximate surface area is 113 Å². The smallest absolute Gasteiger partial charge is 0.223 e. The zero-order chi connectivity index (χ0) is 13.4. The molecule has 6 nitrogen and oxygen atoms in total. The molecule has 0 amide bonds. The molecule has 0 radical (unpaired) electrons. The topological polar surface area (TPSA) is 87.3 Å². The van der Waals surface area contributed by atoms with Crippen LogP contribution in [0.15, 0.2) is 6.07 Å². The summed E-state index contributed by atoms with van der Waals surface area (Å²) in [5.41, 5.74) is 5.76. The first-order valence-electron chi connectivity index (χ1n) is 6.99. The van der Waals surface area contributed by atoms with E-state index in [1.54, 1.807) is 0 Å². The number of nitrogens with one attached hydrogen (secondary N) is 1. The van der Waals surface area contributed by atoms with Crippen molar-refractivity contribution in [3.63, 3.8) is 0 Å². The number of nitrogens with zero attached hydrogens (tertiary/aromatic N) is 3. The molecule has 1 aliphatic carbocycles. The van der Waals surface area contributed by atoms with E-state index in [0.29, 0.717) is 17.8 Å². The largest absolute Gasteiger partial charge is 0.393 e. The van der Waals surface area contributed by atoms with Gasteiger partial charge in [-0.2, -0.15) is 9.97 Å². The highest BCUT2D eigenvalue weighted by atomic mass is 16.3. The molecule has 19 heavy (non-hydrogen) atoms. The Bertz CT molecular complexity index is 466. The third-order valence-corrected chi connectivity index (χ3v) is 4.23. The first-order chi connectivity index (χ1) is 9.17. The Morgan fingerprint density at radius 1 is 1.42 bits per heavy atom. The van der Waals surface area contributed by atoms with Crippen molar-refractivity contribution in [2.45, 2.75) is 25.9 Å². The molecule has 1 saturated carbocycles. The lowest BCUT2D eigenvalue weighted by molar-refractivity contribution is 0.133. The highest BCUT2D eigenvalue weighted by Crippen LogP contribution is 2.39. The zero-order valence-electron chi connectivity index (χ0n) is 11.2. The van der Waals surface area contributed by atoms with Crippen LogP contribution in [-0.2, 0) is 0 Å². The molecular weight excluding hydrogens is 242 g/mol. The van der Waals surface area contributed by atoms with Gasteiger partial charge in [-0.05, 0) is 25.7 Å². The van der Waals surface area contributed by atoms with Gasteiger partial charge in [0.15, 0.2) is 0 Å². The van der Waals surface area contributed by atoms with Crippen LogP contribution in [0.4, 0.5) is 17.6 Å². The highest BCUT2D eigenvalue weighted by Gasteiger charge is 2.42. The van der Waals surface area contributed by atoms with Gasteiger partial charge in [0.05, 0.1) is 6.10 Å².